The second-order valence-electron chi connectivity index (χ2n) is 9.11. The largest absolute Gasteiger partial charge is 0.480 e. The Morgan fingerprint density at radius 2 is 1.62 bits per heavy atom. The lowest BCUT2D eigenvalue weighted by atomic mass is 9.98. The molecule has 2 N–H and O–H groups in total. The van der Waals surface area contributed by atoms with Gasteiger partial charge in [0, 0.05) is 12.0 Å². The smallest absolute Gasteiger partial charge is 0.407 e. The molecule has 0 saturated heterocycles. The Bertz CT molecular complexity index is 1000. The van der Waals surface area contributed by atoms with Crippen molar-refractivity contribution >= 4 is 18.0 Å². The molecule has 2 aliphatic carbocycles. The lowest BCUT2D eigenvalue weighted by Gasteiger charge is -2.31. The summed E-state index contributed by atoms with van der Waals surface area (Å²) in [5.74, 6) is -1.46. The van der Waals surface area contributed by atoms with Crippen molar-refractivity contribution in [3.63, 3.8) is 0 Å². The Hall–Kier alpha value is -3.35. The van der Waals surface area contributed by atoms with Crippen molar-refractivity contribution in [1.29, 1.82) is 0 Å². The lowest BCUT2D eigenvalue weighted by Crippen LogP contribution is -2.53. The van der Waals surface area contributed by atoms with Gasteiger partial charge in [-0.2, -0.15) is 0 Å². The maximum Gasteiger partial charge on any atom is 0.407 e. The average molecular weight is 465 g/mol. The van der Waals surface area contributed by atoms with Gasteiger partial charge in [-0.3, -0.25) is 9.59 Å². The minimum absolute atomic E-state index is 0.0690. The van der Waals surface area contributed by atoms with Crippen LogP contribution >= 0.6 is 0 Å². The van der Waals surface area contributed by atoms with Gasteiger partial charge in [-0.05, 0) is 41.5 Å². The molecule has 0 heterocycles. The van der Waals surface area contributed by atoms with E-state index in [9.17, 15) is 19.5 Å². The normalized spacial score (nSPS) is 15.9. The van der Waals surface area contributed by atoms with Gasteiger partial charge in [0.2, 0.25) is 5.91 Å². The van der Waals surface area contributed by atoms with E-state index in [2.05, 4.69) is 29.6 Å². The maximum absolute atomic E-state index is 13.3. The fourth-order valence-corrected chi connectivity index (χ4v) is 5.28. The molecule has 2 aliphatic rings. The summed E-state index contributed by atoms with van der Waals surface area (Å²) in [7, 11) is 0. The molecule has 7 heteroatoms. The number of carboxylic acids is 1. The lowest BCUT2D eigenvalue weighted by molar-refractivity contribution is -0.147. The summed E-state index contributed by atoms with van der Waals surface area (Å²) in [5, 5.41) is 12.1. The first-order chi connectivity index (χ1) is 16.5. The standard InChI is InChI=1S/C27H32N2O5/c1-2-9-24(26(32)29(16-25(30)31)18-10-3-4-11-18)28-27(33)34-17-23-21-14-7-5-12-19(21)20-13-6-8-15-22(20)23/h5-8,12-15,18,23-24H,2-4,9-11,16-17H2,1H3,(H,28,33)(H,30,31)/t24-/m1/s1. The van der Waals surface area contributed by atoms with Crippen LogP contribution in [0, 0.1) is 0 Å². The number of aliphatic carboxylic acids is 1. The Kier molecular flexibility index (Phi) is 7.50. The summed E-state index contributed by atoms with van der Waals surface area (Å²) >= 11 is 0. The Morgan fingerprint density at radius 3 is 2.18 bits per heavy atom. The second-order valence-corrected chi connectivity index (χ2v) is 9.11. The van der Waals surface area contributed by atoms with Crippen LogP contribution in [0.25, 0.3) is 11.1 Å². The van der Waals surface area contributed by atoms with Gasteiger partial charge in [0.1, 0.15) is 19.2 Å². The molecular weight excluding hydrogens is 432 g/mol. The molecule has 1 saturated carbocycles. The molecule has 34 heavy (non-hydrogen) atoms. The third-order valence-electron chi connectivity index (χ3n) is 6.87. The van der Waals surface area contributed by atoms with Crippen LogP contribution in [0.15, 0.2) is 48.5 Å². The van der Waals surface area contributed by atoms with Crippen molar-refractivity contribution in [3.8, 4) is 11.1 Å². The quantitative estimate of drug-likeness (QED) is 0.568. The summed E-state index contributed by atoms with van der Waals surface area (Å²) in [6, 6.07) is 15.3. The van der Waals surface area contributed by atoms with Crippen molar-refractivity contribution in [2.75, 3.05) is 13.2 Å². The van der Waals surface area contributed by atoms with Gasteiger partial charge < -0.3 is 20.1 Å². The van der Waals surface area contributed by atoms with Crippen LogP contribution in [0.5, 0.6) is 0 Å². The van der Waals surface area contributed by atoms with Gasteiger partial charge >= 0.3 is 12.1 Å². The van der Waals surface area contributed by atoms with Crippen LogP contribution in [0.4, 0.5) is 4.79 Å². The molecule has 2 aromatic carbocycles. The summed E-state index contributed by atoms with van der Waals surface area (Å²) in [4.78, 5) is 38.9. The van der Waals surface area contributed by atoms with Crippen molar-refractivity contribution < 1.29 is 24.2 Å². The molecule has 4 rings (SSSR count). The zero-order valence-electron chi connectivity index (χ0n) is 19.5. The summed E-state index contributed by atoms with van der Waals surface area (Å²) in [5.41, 5.74) is 4.53. The molecule has 1 fully saturated rings. The van der Waals surface area contributed by atoms with E-state index in [1.54, 1.807) is 0 Å². The predicted molar refractivity (Wildman–Crippen MR) is 129 cm³/mol. The van der Waals surface area contributed by atoms with Crippen LogP contribution in [0.1, 0.15) is 62.5 Å². The first kappa shape index (κ1) is 23.8. The first-order valence-electron chi connectivity index (χ1n) is 12.1. The molecule has 0 unspecified atom stereocenters. The van der Waals surface area contributed by atoms with E-state index in [-0.39, 0.29) is 31.0 Å². The van der Waals surface area contributed by atoms with Crippen molar-refractivity contribution in [3.05, 3.63) is 59.7 Å². The zero-order valence-corrected chi connectivity index (χ0v) is 19.5. The maximum atomic E-state index is 13.3. The molecule has 0 aromatic heterocycles. The van der Waals surface area contributed by atoms with E-state index < -0.39 is 18.1 Å². The molecule has 0 radical (unpaired) electrons. The van der Waals surface area contributed by atoms with E-state index in [1.165, 1.54) is 4.90 Å². The number of carboxylic acid groups (broad SMARTS) is 1. The number of nitrogens with zero attached hydrogens (tertiary/aromatic N) is 1. The number of rotatable bonds is 9. The number of hydrogen-bond donors (Lipinski definition) is 2. The molecule has 2 aromatic rings. The van der Waals surface area contributed by atoms with E-state index in [4.69, 9.17) is 4.74 Å². The molecule has 0 aliphatic heterocycles. The monoisotopic (exact) mass is 464 g/mol. The number of fused-ring (bicyclic) bond motifs is 3. The van der Waals surface area contributed by atoms with E-state index in [1.807, 2.05) is 31.2 Å². The second kappa shape index (κ2) is 10.7. The van der Waals surface area contributed by atoms with Crippen LogP contribution in [-0.4, -0.2) is 53.2 Å². The number of alkyl carbamates (subject to hydrolysis) is 1. The SMILES string of the molecule is CCC[C@@H](NC(=O)OCC1c2ccccc2-c2ccccc21)C(=O)N(CC(=O)O)C1CCCC1. The van der Waals surface area contributed by atoms with Gasteiger partial charge in [-0.15, -0.1) is 0 Å². The predicted octanol–water partition coefficient (Wildman–Crippen LogP) is 4.55. The first-order valence-corrected chi connectivity index (χ1v) is 12.1. The molecule has 7 nitrogen and oxygen atoms in total. The van der Waals surface area contributed by atoms with Crippen LogP contribution in [-0.2, 0) is 14.3 Å². The minimum atomic E-state index is -1.04. The molecule has 180 valence electrons. The third kappa shape index (κ3) is 5.08. The average Bonchev–Trinajstić information content (AvgIpc) is 3.47. The highest BCUT2D eigenvalue weighted by Gasteiger charge is 2.34. The van der Waals surface area contributed by atoms with E-state index >= 15 is 0 Å². The number of ether oxygens (including phenoxy) is 1. The highest BCUT2D eigenvalue weighted by molar-refractivity contribution is 5.88. The highest BCUT2D eigenvalue weighted by Crippen LogP contribution is 2.44. The van der Waals surface area contributed by atoms with E-state index in [0.717, 1.165) is 47.9 Å². The van der Waals surface area contributed by atoms with Crippen LogP contribution < -0.4 is 5.32 Å². The fourth-order valence-electron chi connectivity index (χ4n) is 5.28. The molecule has 1 atom stereocenters. The van der Waals surface area contributed by atoms with E-state index in [0.29, 0.717) is 12.8 Å². The minimum Gasteiger partial charge on any atom is -0.480 e. The number of carbonyl (C=O) groups excluding carboxylic acids is 2. The number of nitrogens with one attached hydrogen (secondary N) is 1. The topological polar surface area (TPSA) is 95.9 Å². The van der Waals surface area contributed by atoms with Crippen molar-refractivity contribution in [2.24, 2.45) is 0 Å². The van der Waals surface area contributed by atoms with Gasteiger partial charge in [0.15, 0.2) is 0 Å². The molecule has 0 bridgehead atoms. The number of hydrogen-bond acceptors (Lipinski definition) is 4. The van der Waals surface area contributed by atoms with Crippen LogP contribution in [0.2, 0.25) is 0 Å². The summed E-state index contributed by atoms with van der Waals surface area (Å²) in [6.45, 7) is 1.74. The molecular formula is C27H32N2O5. The third-order valence-corrected chi connectivity index (χ3v) is 6.87. The van der Waals surface area contributed by atoms with Gasteiger partial charge in [-0.25, -0.2) is 4.79 Å². The van der Waals surface area contributed by atoms with Crippen molar-refractivity contribution in [2.45, 2.75) is 63.5 Å². The number of carbonyl (C=O) groups is 3. The van der Waals surface area contributed by atoms with Gasteiger partial charge in [0.05, 0.1) is 0 Å². The molecule has 2 amide bonds. The van der Waals surface area contributed by atoms with Gasteiger partial charge in [0.25, 0.3) is 0 Å². The Balaban J connectivity index is 1.43. The fraction of sp³-hybridized carbons (Fsp3) is 0.444. The Labute approximate surface area is 200 Å². The Morgan fingerprint density at radius 1 is 1.03 bits per heavy atom. The zero-order chi connectivity index (χ0) is 24.1. The molecule has 0 spiro atoms. The number of amides is 2. The van der Waals surface area contributed by atoms with Gasteiger partial charge in [-0.1, -0.05) is 74.7 Å². The summed E-state index contributed by atoms with van der Waals surface area (Å²) < 4.78 is 5.62. The van der Waals surface area contributed by atoms with Crippen LogP contribution in [0.3, 0.4) is 0 Å². The number of benzene rings is 2. The highest BCUT2D eigenvalue weighted by atomic mass is 16.5. The van der Waals surface area contributed by atoms with Crippen molar-refractivity contribution in [1.82, 2.24) is 10.2 Å². The summed E-state index contributed by atoms with van der Waals surface area (Å²) in [6.07, 6.45) is 3.98.